The maximum Gasteiger partial charge on any atom is 0.343 e. The van der Waals surface area contributed by atoms with Gasteiger partial charge in [-0.25, -0.2) is 4.79 Å². The van der Waals surface area contributed by atoms with Crippen molar-refractivity contribution in [2.24, 2.45) is 5.73 Å². The molecule has 3 aromatic rings. The van der Waals surface area contributed by atoms with Gasteiger partial charge in [0.15, 0.2) is 0 Å². The number of rotatable bonds is 5. The van der Waals surface area contributed by atoms with Crippen LogP contribution in [0, 0.1) is 28.4 Å². The molecule has 162 valence electrons. The van der Waals surface area contributed by atoms with E-state index in [4.69, 9.17) is 19.6 Å². The highest BCUT2D eigenvalue weighted by Crippen LogP contribution is 2.41. The molecule has 1 aliphatic heterocycles. The smallest absolute Gasteiger partial charge is 0.343 e. The van der Waals surface area contributed by atoms with Crippen molar-refractivity contribution in [3.8, 4) is 17.6 Å². The van der Waals surface area contributed by atoms with E-state index in [0.717, 1.165) is 6.20 Å². The molecule has 1 atom stereocenters. The van der Waals surface area contributed by atoms with Crippen LogP contribution in [0.25, 0.3) is 0 Å². The molecule has 4 rings (SSSR count). The van der Waals surface area contributed by atoms with Gasteiger partial charge >= 0.3 is 11.3 Å². The van der Waals surface area contributed by atoms with Gasteiger partial charge in [0.05, 0.1) is 30.1 Å². The first-order chi connectivity index (χ1) is 15.3. The van der Waals surface area contributed by atoms with E-state index in [1.807, 2.05) is 6.07 Å². The molecule has 0 saturated heterocycles. The molecule has 1 aromatic carbocycles. The normalized spacial score (nSPS) is 15.0. The van der Waals surface area contributed by atoms with Gasteiger partial charge in [0, 0.05) is 11.6 Å². The quantitative estimate of drug-likeness (QED) is 0.468. The summed E-state index contributed by atoms with van der Waals surface area (Å²) in [7, 11) is 1.49. The average Bonchev–Trinajstić information content (AvgIpc) is 3.21. The lowest BCUT2D eigenvalue weighted by molar-refractivity contribution is -0.385. The van der Waals surface area contributed by atoms with Crippen LogP contribution in [-0.4, -0.2) is 21.8 Å². The van der Waals surface area contributed by atoms with E-state index < -0.39 is 16.5 Å². The Morgan fingerprint density at radius 2 is 2.19 bits per heavy atom. The fraction of sp³-hybridized carbons (Fsp3) is 0.190. The third-order valence-electron chi connectivity index (χ3n) is 5.06. The highest BCUT2D eigenvalue weighted by molar-refractivity contribution is 5.56. The summed E-state index contributed by atoms with van der Waals surface area (Å²) >= 11 is 0. The number of ether oxygens (including phenoxy) is 2. The van der Waals surface area contributed by atoms with Gasteiger partial charge in [-0.3, -0.25) is 14.8 Å². The predicted octanol–water partition coefficient (Wildman–Crippen LogP) is 2.33. The SMILES string of the molecule is COc1ccc([C@@H]2C(C#N)=C(N)Oc3cc(C)oc(=O)c32)cc1Cn1cc([N+](=O)[O-])cn1. The highest BCUT2D eigenvalue weighted by atomic mass is 16.6. The molecule has 11 nitrogen and oxygen atoms in total. The first-order valence-electron chi connectivity index (χ1n) is 9.38. The Bertz CT molecular complexity index is 1360. The molecule has 3 heterocycles. The van der Waals surface area contributed by atoms with Crippen LogP contribution in [0.1, 0.15) is 28.4 Å². The monoisotopic (exact) mass is 435 g/mol. The highest BCUT2D eigenvalue weighted by Gasteiger charge is 2.34. The Morgan fingerprint density at radius 1 is 1.41 bits per heavy atom. The van der Waals surface area contributed by atoms with Crippen molar-refractivity contribution < 1.29 is 18.8 Å². The number of nitro groups is 1. The van der Waals surface area contributed by atoms with Crippen molar-refractivity contribution in [3.63, 3.8) is 0 Å². The number of methoxy groups -OCH3 is 1. The van der Waals surface area contributed by atoms with Gasteiger partial charge in [-0.05, 0) is 24.6 Å². The molecule has 0 fully saturated rings. The Morgan fingerprint density at radius 3 is 2.84 bits per heavy atom. The number of nitrogens with zero attached hydrogens (tertiary/aromatic N) is 4. The molecule has 1 aliphatic rings. The van der Waals surface area contributed by atoms with Crippen molar-refractivity contribution in [2.75, 3.05) is 7.11 Å². The first kappa shape index (κ1) is 20.7. The van der Waals surface area contributed by atoms with E-state index in [9.17, 15) is 20.2 Å². The number of hydrogen-bond donors (Lipinski definition) is 1. The minimum atomic E-state index is -0.822. The van der Waals surface area contributed by atoms with E-state index in [0.29, 0.717) is 22.6 Å². The van der Waals surface area contributed by atoms with E-state index in [-0.39, 0.29) is 35.0 Å². The van der Waals surface area contributed by atoms with E-state index in [2.05, 4.69) is 5.10 Å². The van der Waals surface area contributed by atoms with Gasteiger partial charge in [-0.15, -0.1) is 0 Å². The summed E-state index contributed by atoms with van der Waals surface area (Å²) in [5.41, 5.74) is 6.63. The van der Waals surface area contributed by atoms with Crippen molar-refractivity contribution >= 4 is 5.69 Å². The number of benzene rings is 1. The summed E-state index contributed by atoms with van der Waals surface area (Å²) < 4.78 is 17.6. The lowest BCUT2D eigenvalue weighted by Crippen LogP contribution is -2.26. The number of allylic oxidation sites excluding steroid dienone is 1. The number of hydrogen-bond acceptors (Lipinski definition) is 9. The third-order valence-corrected chi connectivity index (χ3v) is 5.06. The van der Waals surface area contributed by atoms with Crippen LogP contribution >= 0.6 is 0 Å². The molecule has 0 spiro atoms. The third kappa shape index (κ3) is 3.54. The van der Waals surface area contributed by atoms with Gasteiger partial charge in [0.2, 0.25) is 5.88 Å². The maximum atomic E-state index is 12.7. The summed E-state index contributed by atoms with van der Waals surface area (Å²) in [6, 6.07) is 8.68. The van der Waals surface area contributed by atoms with Crippen LogP contribution in [0.5, 0.6) is 11.5 Å². The van der Waals surface area contributed by atoms with Crippen molar-refractivity contribution in [1.29, 1.82) is 5.26 Å². The van der Waals surface area contributed by atoms with Gasteiger partial charge < -0.3 is 19.6 Å². The largest absolute Gasteiger partial charge is 0.496 e. The fourth-order valence-corrected chi connectivity index (χ4v) is 3.66. The van der Waals surface area contributed by atoms with Crippen LogP contribution in [0.4, 0.5) is 5.69 Å². The molecule has 0 bridgehead atoms. The zero-order valence-corrected chi connectivity index (χ0v) is 17.1. The van der Waals surface area contributed by atoms with Crippen LogP contribution in [-0.2, 0) is 6.54 Å². The van der Waals surface area contributed by atoms with Crippen molar-refractivity contribution in [3.05, 3.63) is 91.1 Å². The van der Waals surface area contributed by atoms with Crippen LogP contribution in [0.3, 0.4) is 0 Å². The average molecular weight is 435 g/mol. The molecule has 0 unspecified atom stereocenters. The Labute approximate surface area is 181 Å². The summed E-state index contributed by atoms with van der Waals surface area (Å²) in [5.74, 6) is 0.148. The Balaban J connectivity index is 1.84. The topological polar surface area (TPSA) is 159 Å². The molecule has 0 amide bonds. The number of nitriles is 1. The van der Waals surface area contributed by atoms with Gasteiger partial charge in [-0.1, -0.05) is 6.07 Å². The summed E-state index contributed by atoms with van der Waals surface area (Å²) in [5, 5.41) is 24.7. The summed E-state index contributed by atoms with van der Waals surface area (Å²) in [4.78, 5) is 23.1. The van der Waals surface area contributed by atoms with Crippen LogP contribution < -0.4 is 20.8 Å². The molecular formula is C21H17N5O6. The fourth-order valence-electron chi connectivity index (χ4n) is 3.66. The zero-order chi connectivity index (χ0) is 23.0. The number of aryl methyl sites for hydroxylation is 1. The minimum Gasteiger partial charge on any atom is -0.496 e. The van der Waals surface area contributed by atoms with E-state index in [1.54, 1.807) is 25.1 Å². The first-order valence-corrected chi connectivity index (χ1v) is 9.38. The van der Waals surface area contributed by atoms with E-state index >= 15 is 0 Å². The second-order valence-electron chi connectivity index (χ2n) is 7.07. The summed E-state index contributed by atoms with van der Waals surface area (Å²) in [6.07, 6.45) is 2.45. The molecule has 11 heteroatoms. The van der Waals surface area contributed by atoms with E-state index in [1.165, 1.54) is 24.1 Å². The van der Waals surface area contributed by atoms with Crippen LogP contribution in [0.2, 0.25) is 0 Å². The van der Waals surface area contributed by atoms with Crippen LogP contribution in [0.15, 0.2) is 57.3 Å². The molecule has 0 aliphatic carbocycles. The molecular weight excluding hydrogens is 418 g/mol. The molecule has 32 heavy (non-hydrogen) atoms. The standard InChI is InChI=1S/C21H17N5O6/c1-11-5-17-19(21(27)31-11)18(15(7-22)20(23)32-17)12-3-4-16(30-2)13(6-12)9-25-10-14(8-24-25)26(28)29/h3-6,8,10,18H,9,23H2,1-2H3/t18-/m1/s1. The van der Waals surface area contributed by atoms with Gasteiger partial charge in [0.1, 0.15) is 41.3 Å². The molecule has 0 radical (unpaired) electrons. The Kier molecular flexibility index (Phi) is 5.11. The second kappa shape index (κ2) is 7.92. The maximum absolute atomic E-state index is 12.7. The van der Waals surface area contributed by atoms with Gasteiger partial charge in [-0.2, -0.15) is 10.4 Å². The molecule has 2 aromatic heterocycles. The zero-order valence-electron chi connectivity index (χ0n) is 17.1. The number of nitrogens with two attached hydrogens (primary N) is 1. The number of aromatic nitrogens is 2. The second-order valence-corrected chi connectivity index (χ2v) is 7.07. The minimum absolute atomic E-state index is 0.0690. The van der Waals surface area contributed by atoms with Crippen molar-refractivity contribution in [1.82, 2.24) is 9.78 Å². The molecule has 2 N–H and O–H groups in total. The van der Waals surface area contributed by atoms with Gasteiger partial charge in [0.25, 0.3) is 0 Å². The lowest BCUT2D eigenvalue weighted by atomic mass is 9.83. The van der Waals surface area contributed by atoms with Crippen molar-refractivity contribution in [2.45, 2.75) is 19.4 Å². The molecule has 0 saturated carbocycles. The lowest BCUT2D eigenvalue weighted by Gasteiger charge is -2.25. The number of fused-ring (bicyclic) bond motifs is 1. The predicted molar refractivity (Wildman–Crippen MR) is 110 cm³/mol. The summed E-state index contributed by atoms with van der Waals surface area (Å²) in [6.45, 7) is 1.76. The Hall–Kier alpha value is -4.59.